The molecule has 1 unspecified atom stereocenters. The minimum atomic E-state index is -3.05. The molecule has 1 amide bonds. The zero-order valence-corrected chi connectivity index (χ0v) is 14.8. The van der Waals surface area contributed by atoms with Gasteiger partial charge in [0.15, 0.2) is 9.84 Å². The summed E-state index contributed by atoms with van der Waals surface area (Å²) >= 11 is 0. The molecule has 1 aliphatic heterocycles. The topological polar surface area (TPSA) is 72.9 Å². The van der Waals surface area contributed by atoms with Gasteiger partial charge in [-0.3, -0.25) is 4.79 Å². The van der Waals surface area contributed by atoms with Crippen LogP contribution in [0.15, 0.2) is 12.1 Å². The van der Waals surface area contributed by atoms with Crippen molar-refractivity contribution in [2.45, 2.75) is 26.3 Å². The Morgan fingerprint density at radius 2 is 1.91 bits per heavy atom. The van der Waals surface area contributed by atoms with E-state index in [9.17, 15) is 13.2 Å². The standard InChI is InChI=1S/C16H23NO5S/c1-5-17(12-6-7-23(19,20)10-12)16(18)13-9-14(21-3)11(2)8-15(13)22-4/h8-9,12H,5-7,10H2,1-4H3. The van der Waals surface area contributed by atoms with Gasteiger partial charge in [0.05, 0.1) is 31.3 Å². The number of benzene rings is 1. The summed E-state index contributed by atoms with van der Waals surface area (Å²) in [5, 5.41) is 0. The molecular formula is C16H23NO5S. The van der Waals surface area contributed by atoms with Crippen molar-refractivity contribution in [3.8, 4) is 11.5 Å². The quantitative estimate of drug-likeness (QED) is 0.814. The van der Waals surface area contributed by atoms with Crippen LogP contribution in [0.2, 0.25) is 0 Å². The molecule has 1 aliphatic rings. The van der Waals surface area contributed by atoms with Gasteiger partial charge in [-0.1, -0.05) is 0 Å². The summed E-state index contributed by atoms with van der Waals surface area (Å²) in [6.07, 6.45) is 0.479. The minimum Gasteiger partial charge on any atom is -0.496 e. The lowest BCUT2D eigenvalue weighted by molar-refractivity contribution is 0.0704. The Hall–Kier alpha value is -1.76. The maximum Gasteiger partial charge on any atom is 0.258 e. The Morgan fingerprint density at radius 1 is 1.26 bits per heavy atom. The first-order valence-electron chi connectivity index (χ1n) is 7.57. The molecule has 0 aliphatic carbocycles. The second-order valence-electron chi connectivity index (χ2n) is 5.67. The van der Waals surface area contributed by atoms with Crippen LogP contribution in [0.5, 0.6) is 11.5 Å². The van der Waals surface area contributed by atoms with Gasteiger partial charge in [-0.05, 0) is 38.0 Å². The molecular weight excluding hydrogens is 318 g/mol. The van der Waals surface area contributed by atoms with Gasteiger partial charge in [-0.2, -0.15) is 0 Å². The van der Waals surface area contributed by atoms with Crippen molar-refractivity contribution >= 4 is 15.7 Å². The van der Waals surface area contributed by atoms with E-state index in [-0.39, 0.29) is 23.5 Å². The van der Waals surface area contributed by atoms with Crippen LogP contribution < -0.4 is 9.47 Å². The Bertz CT molecular complexity index is 699. The van der Waals surface area contributed by atoms with Gasteiger partial charge in [-0.15, -0.1) is 0 Å². The van der Waals surface area contributed by atoms with Crippen LogP contribution in [0.4, 0.5) is 0 Å². The van der Waals surface area contributed by atoms with Crippen molar-refractivity contribution < 1.29 is 22.7 Å². The predicted molar refractivity (Wildman–Crippen MR) is 88.1 cm³/mol. The van der Waals surface area contributed by atoms with Crippen LogP contribution in [0, 0.1) is 6.92 Å². The third kappa shape index (κ3) is 3.60. The average molecular weight is 341 g/mol. The van der Waals surface area contributed by atoms with Crippen LogP contribution >= 0.6 is 0 Å². The first kappa shape index (κ1) is 17.6. The fraction of sp³-hybridized carbons (Fsp3) is 0.562. The molecule has 1 aromatic carbocycles. The molecule has 0 N–H and O–H groups in total. The van der Waals surface area contributed by atoms with E-state index in [1.54, 1.807) is 24.1 Å². The molecule has 0 radical (unpaired) electrons. The van der Waals surface area contributed by atoms with E-state index in [1.807, 2.05) is 13.8 Å². The van der Waals surface area contributed by atoms with E-state index in [2.05, 4.69) is 0 Å². The number of carbonyl (C=O) groups is 1. The molecule has 1 atom stereocenters. The highest BCUT2D eigenvalue weighted by Gasteiger charge is 2.35. The highest BCUT2D eigenvalue weighted by atomic mass is 32.2. The number of hydrogen-bond donors (Lipinski definition) is 0. The van der Waals surface area contributed by atoms with Crippen molar-refractivity contribution in [3.05, 3.63) is 23.3 Å². The van der Waals surface area contributed by atoms with E-state index in [4.69, 9.17) is 9.47 Å². The molecule has 0 saturated carbocycles. The normalized spacial score (nSPS) is 19.4. The summed E-state index contributed by atoms with van der Waals surface area (Å²) in [5.41, 5.74) is 1.26. The van der Waals surface area contributed by atoms with E-state index < -0.39 is 9.84 Å². The number of amides is 1. The van der Waals surface area contributed by atoms with Crippen molar-refractivity contribution in [1.82, 2.24) is 4.90 Å². The SMILES string of the molecule is CCN(C(=O)c1cc(OC)c(C)cc1OC)C1CCS(=O)(=O)C1. The maximum atomic E-state index is 12.9. The number of rotatable bonds is 5. The number of sulfone groups is 1. The zero-order valence-electron chi connectivity index (χ0n) is 14.0. The molecule has 128 valence electrons. The predicted octanol–water partition coefficient (Wildman–Crippen LogP) is 1.66. The van der Waals surface area contributed by atoms with Crippen LogP contribution in [0.25, 0.3) is 0 Å². The number of hydrogen-bond acceptors (Lipinski definition) is 5. The molecule has 0 spiro atoms. The first-order chi connectivity index (χ1) is 10.8. The van der Waals surface area contributed by atoms with Crippen LogP contribution in [-0.4, -0.2) is 57.5 Å². The highest BCUT2D eigenvalue weighted by Crippen LogP contribution is 2.30. The smallest absolute Gasteiger partial charge is 0.258 e. The Balaban J connectivity index is 2.38. The van der Waals surface area contributed by atoms with Gasteiger partial charge in [0.25, 0.3) is 5.91 Å². The van der Waals surface area contributed by atoms with E-state index in [0.29, 0.717) is 30.0 Å². The number of carbonyl (C=O) groups excluding carboxylic acids is 1. The van der Waals surface area contributed by atoms with Gasteiger partial charge in [0.2, 0.25) is 0 Å². The Labute approximate surface area is 137 Å². The van der Waals surface area contributed by atoms with Crippen LogP contribution in [0.3, 0.4) is 0 Å². The lowest BCUT2D eigenvalue weighted by Gasteiger charge is -2.27. The summed E-state index contributed by atoms with van der Waals surface area (Å²) in [6, 6.07) is 3.13. The van der Waals surface area contributed by atoms with Gasteiger partial charge < -0.3 is 14.4 Å². The average Bonchev–Trinajstić information content (AvgIpc) is 2.87. The van der Waals surface area contributed by atoms with E-state index in [0.717, 1.165) is 5.56 Å². The summed E-state index contributed by atoms with van der Waals surface area (Å²) < 4.78 is 34.0. The molecule has 2 rings (SSSR count). The third-order valence-corrected chi connectivity index (χ3v) is 5.95. The molecule has 0 bridgehead atoms. The fourth-order valence-electron chi connectivity index (χ4n) is 2.96. The molecule has 1 fully saturated rings. The first-order valence-corrected chi connectivity index (χ1v) is 9.39. The second-order valence-corrected chi connectivity index (χ2v) is 7.90. The monoisotopic (exact) mass is 341 g/mol. The number of aryl methyl sites for hydroxylation is 1. The molecule has 1 saturated heterocycles. The molecule has 6 nitrogen and oxygen atoms in total. The van der Waals surface area contributed by atoms with Crippen molar-refractivity contribution in [1.29, 1.82) is 0 Å². The highest BCUT2D eigenvalue weighted by molar-refractivity contribution is 7.91. The Morgan fingerprint density at radius 3 is 2.39 bits per heavy atom. The fourth-order valence-corrected chi connectivity index (χ4v) is 4.69. The van der Waals surface area contributed by atoms with Gasteiger partial charge in [0, 0.05) is 12.6 Å². The summed E-state index contributed by atoms with van der Waals surface area (Å²) in [4.78, 5) is 14.5. The zero-order chi connectivity index (χ0) is 17.2. The number of ether oxygens (including phenoxy) is 2. The molecule has 7 heteroatoms. The third-order valence-electron chi connectivity index (χ3n) is 4.20. The Kier molecular flexibility index (Phi) is 5.19. The summed E-state index contributed by atoms with van der Waals surface area (Å²) in [6.45, 7) is 4.16. The van der Waals surface area contributed by atoms with Crippen molar-refractivity contribution in [2.24, 2.45) is 0 Å². The molecule has 23 heavy (non-hydrogen) atoms. The van der Waals surface area contributed by atoms with Crippen LogP contribution in [0.1, 0.15) is 29.3 Å². The minimum absolute atomic E-state index is 0.0257. The lowest BCUT2D eigenvalue weighted by atomic mass is 10.1. The number of methoxy groups -OCH3 is 2. The maximum absolute atomic E-state index is 12.9. The largest absolute Gasteiger partial charge is 0.496 e. The number of nitrogens with zero attached hydrogens (tertiary/aromatic N) is 1. The van der Waals surface area contributed by atoms with E-state index >= 15 is 0 Å². The summed E-state index contributed by atoms with van der Waals surface area (Å²) in [7, 11) is 0.00276. The van der Waals surface area contributed by atoms with Gasteiger partial charge in [-0.25, -0.2) is 8.42 Å². The molecule has 1 heterocycles. The summed E-state index contributed by atoms with van der Waals surface area (Å²) in [5.74, 6) is 0.995. The van der Waals surface area contributed by atoms with Crippen molar-refractivity contribution in [2.75, 3.05) is 32.3 Å². The van der Waals surface area contributed by atoms with Crippen LogP contribution in [-0.2, 0) is 9.84 Å². The molecule has 1 aromatic rings. The van der Waals surface area contributed by atoms with Gasteiger partial charge in [0.1, 0.15) is 11.5 Å². The van der Waals surface area contributed by atoms with Gasteiger partial charge >= 0.3 is 0 Å². The lowest BCUT2D eigenvalue weighted by Crippen LogP contribution is -2.41. The second kappa shape index (κ2) is 6.78. The van der Waals surface area contributed by atoms with Crippen molar-refractivity contribution in [3.63, 3.8) is 0 Å². The molecule has 0 aromatic heterocycles. The van der Waals surface area contributed by atoms with E-state index in [1.165, 1.54) is 7.11 Å².